The molecular formula is C27H28N4O2. The number of fused-ring (bicyclic) bond motifs is 1. The van der Waals surface area contributed by atoms with Gasteiger partial charge in [0.2, 0.25) is 5.88 Å². The van der Waals surface area contributed by atoms with Crippen LogP contribution in [0.2, 0.25) is 0 Å². The second-order valence-electron chi connectivity index (χ2n) is 8.74. The van der Waals surface area contributed by atoms with E-state index in [0.29, 0.717) is 24.0 Å². The average Bonchev–Trinajstić information content (AvgIpc) is 3.58. The van der Waals surface area contributed by atoms with Crippen LogP contribution in [0.15, 0.2) is 61.1 Å². The fraction of sp³-hybridized carbons (Fsp3) is 0.296. The van der Waals surface area contributed by atoms with Crippen molar-refractivity contribution in [3.63, 3.8) is 0 Å². The lowest BCUT2D eigenvalue weighted by atomic mass is 10.0. The number of ether oxygens (including phenoxy) is 1. The van der Waals surface area contributed by atoms with Gasteiger partial charge in [-0.15, -0.1) is 0 Å². The minimum Gasteiger partial charge on any atom is -0.481 e. The Morgan fingerprint density at radius 2 is 2.03 bits per heavy atom. The molecule has 0 aliphatic heterocycles. The summed E-state index contributed by atoms with van der Waals surface area (Å²) in [5.41, 5.74) is 5.76. The number of amides is 1. The van der Waals surface area contributed by atoms with Crippen molar-refractivity contribution in [3.05, 3.63) is 77.9 Å². The lowest BCUT2D eigenvalue weighted by molar-refractivity contribution is 0.0744. The number of carbonyl (C=O) groups excluding carboxylic acids is 1. The molecule has 0 spiro atoms. The van der Waals surface area contributed by atoms with Crippen molar-refractivity contribution in [2.45, 2.75) is 26.2 Å². The van der Waals surface area contributed by atoms with Crippen LogP contribution < -0.4 is 4.74 Å². The van der Waals surface area contributed by atoms with Gasteiger partial charge in [0.05, 0.1) is 7.11 Å². The summed E-state index contributed by atoms with van der Waals surface area (Å²) in [6, 6.07) is 13.9. The molecule has 1 aromatic carbocycles. The van der Waals surface area contributed by atoms with Crippen LogP contribution in [0.25, 0.3) is 22.0 Å². The molecule has 0 atom stereocenters. The Labute approximate surface area is 193 Å². The van der Waals surface area contributed by atoms with E-state index in [4.69, 9.17) is 4.74 Å². The first-order valence-corrected chi connectivity index (χ1v) is 11.4. The topological polar surface area (TPSA) is 71.1 Å². The van der Waals surface area contributed by atoms with Crippen molar-refractivity contribution in [1.29, 1.82) is 0 Å². The van der Waals surface area contributed by atoms with Gasteiger partial charge in [-0.25, -0.2) is 4.98 Å². The Morgan fingerprint density at radius 1 is 1.15 bits per heavy atom. The molecule has 1 saturated carbocycles. The van der Waals surface area contributed by atoms with E-state index in [1.165, 1.54) is 34.9 Å². The predicted octanol–water partition coefficient (Wildman–Crippen LogP) is 5.04. The molecule has 1 aliphatic rings. The summed E-state index contributed by atoms with van der Waals surface area (Å²) in [5.74, 6) is 1.11. The van der Waals surface area contributed by atoms with Crippen LogP contribution in [0.3, 0.4) is 0 Å². The van der Waals surface area contributed by atoms with Crippen molar-refractivity contribution in [3.8, 4) is 17.0 Å². The number of aromatic nitrogens is 3. The van der Waals surface area contributed by atoms with Gasteiger partial charge < -0.3 is 14.6 Å². The largest absolute Gasteiger partial charge is 0.481 e. The summed E-state index contributed by atoms with van der Waals surface area (Å²) in [4.78, 5) is 27.9. The molecule has 1 N–H and O–H groups in total. The molecule has 4 aromatic rings. The number of hydrogen-bond acceptors (Lipinski definition) is 4. The summed E-state index contributed by atoms with van der Waals surface area (Å²) in [7, 11) is 1.59. The van der Waals surface area contributed by atoms with Gasteiger partial charge >= 0.3 is 0 Å². The zero-order valence-electron chi connectivity index (χ0n) is 19.0. The highest BCUT2D eigenvalue weighted by Crippen LogP contribution is 2.31. The quantitative estimate of drug-likeness (QED) is 0.417. The first kappa shape index (κ1) is 21.2. The minimum absolute atomic E-state index is 0.0238. The van der Waals surface area contributed by atoms with E-state index in [2.05, 4.69) is 46.3 Å². The number of aryl methyl sites for hydroxylation is 1. The van der Waals surface area contributed by atoms with Gasteiger partial charge in [-0.3, -0.25) is 9.78 Å². The maximum Gasteiger partial charge on any atom is 0.273 e. The molecule has 6 nitrogen and oxygen atoms in total. The third-order valence-corrected chi connectivity index (χ3v) is 6.39. The monoisotopic (exact) mass is 440 g/mol. The van der Waals surface area contributed by atoms with E-state index < -0.39 is 0 Å². The number of nitrogens with one attached hydrogen (secondary N) is 1. The molecule has 33 heavy (non-hydrogen) atoms. The van der Waals surface area contributed by atoms with E-state index in [9.17, 15) is 4.79 Å². The zero-order chi connectivity index (χ0) is 22.8. The number of hydrogen-bond donors (Lipinski definition) is 1. The number of rotatable bonds is 8. The summed E-state index contributed by atoms with van der Waals surface area (Å²) in [6.45, 7) is 3.55. The summed E-state index contributed by atoms with van der Waals surface area (Å²) >= 11 is 0. The fourth-order valence-corrected chi connectivity index (χ4v) is 4.33. The molecular weight excluding hydrogens is 412 g/mol. The van der Waals surface area contributed by atoms with Gasteiger partial charge in [0.25, 0.3) is 5.91 Å². The Hall–Kier alpha value is -3.67. The highest BCUT2D eigenvalue weighted by atomic mass is 16.5. The molecule has 6 heteroatoms. The number of H-pyrrole nitrogens is 1. The Balaban J connectivity index is 1.41. The fourth-order valence-electron chi connectivity index (χ4n) is 4.33. The molecule has 3 heterocycles. The van der Waals surface area contributed by atoms with Crippen molar-refractivity contribution in [1.82, 2.24) is 19.9 Å². The van der Waals surface area contributed by atoms with Crippen molar-refractivity contribution in [2.24, 2.45) is 5.92 Å². The molecule has 0 radical (unpaired) electrons. The van der Waals surface area contributed by atoms with Crippen molar-refractivity contribution in [2.75, 3.05) is 20.2 Å². The van der Waals surface area contributed by atoms with Crippen LogP contribution in [-0.2, 0) is 6.42 Å². The third-order valence-electron chi connectivity index (χ3n) is 6.39. The summed E-state index contributed by atoms with van der Waals surface area (Å²) < 4.78 is 5.17. The standard InChI is InChI=1S/C27H28N4O2/c1-18-5-3-6-22-21(16-30-25(18)22)12-14-31(17-19-8-9-19)27(32)26-23(7-4-13-28-26)20-10-11-24(33-2)29-15-20/h3-7,10-11,13,15-16,19,30H,8-9,12,14,17H2,1-2H3. The number of methoxy groups -OCH3 is 1. The number of carbonyl (C=O) groups is 1. The molecule has 0 unspecified atom stereocenters. The number of para-hydroxylation sites is 1. The highest BCUT2D eigenvalue weighted by Gasteiger charge is 2.29. The van der Waals surface area contributed by atoms with E-state index in [1.54, 1.807) is 25.6 Å². The highest BCUT2D eigenvalue weighted by molar-refractivity contribution is 5.99. The maximum absolute atomic E-state index is 13.7. The SMILES string of the molecule is COc1ccc(-c2cccnc2C(=O)N(CCc2c[nH]c3c(C)cccc23)CC2CC2)cn1. The Kier molecular flexibility index (Phi) is 5.82. The molecule has 1 aliphatic carbocycles. The van der Waals surface area contributed by atoms with Gasteiger partial charge in [0, 0.05) is 59.8 Å². The van der Waals surface area contributed by atoms with E-state index in [0.717, 1.165) is 24.1 Å². The van der Waals surface area contributed by atoms with E-state index in [1.807, 2.05) is 23.1 Å². The molecule has 1 amide bonds. The molecule has 5 rings (SSSR count). The number of nitrogens with zero attached hydrogens (tertiary/aromatic N) is 3. The minimum atomic E-state index is -0.0238. The van der Waals surface area contributed by atoms with Crippen LogP contribution in [-0.4, -0.2) is 46.0 Å². The van der Waals surface area contributed by atoms with Gasteiger partial charge in [-0.05, 0) is 55.4 Å². The van der Waals surface area contributed by atoms with Crippen molar-refractivity contribution >= 4 is 16.8 Å². The lowest BCUT2D eigenvalue weighted by Crippen LogP contribution is -2.35. The van der Waals surface area contributed by atoms with Crippen LogP contribution >= 0.6 is 0 Å². The molecule has 0 saturated heterocycles. The smallest absolute Gasteiger partial charge is 0.273 e. The molecule has 1 fully saturated rings. The number of pyridine rings is 2. The van der Waals surface area contributed by atoms with Crippen LogP contribution in [0.4, 0.5) is 0 Å². The van der Waals surface area contributed by atoms with Gasteiger partial charge in [0.1, 0.15) is 5.69 Å². The normalized spacial score (nSPS) is 13.3. The molecule has 168 valence electrons. The van der Waals surface area contributed by atoms with Crippen LogP contribution in [0.1, 0.15) is 34.5 Å². The van der Waals surface area contributed by atoms with Gasteiger partial charge in [0.15, 0.2) is 0 Å². The second-order valence-corrected chi connectivity index (χ2v) is 8.74. The second kappa shape index (κ2) is 9.06. The van der Waals surface area contributed by atoms with E-state index >= 15 is 0 Å². The lowest BCUT2D eigenvalue weighted by Gasteiger charge is -2.23. The van der Waals surface area contributed by atoms with E-state index in [-0.39, 0.29) is 5.91 Å². The molecule has 3 aromatic heterocycles. The summed E-state index contributed by atoms with van der Waals surface area (Å²) in [6.07, 6.45) is 8.67. The third kappa shape index (κ3) is 4.46. The van der Waals surface area contributed by atoms with Crippen molar-refractivity contribution < 1.29 is 9.53 Å². The number of aromatic amines is 1. The maximum atomic E-state index is 13.7. The Bertz CT molecular complexity index is 1280. The summed E-state index contributed by atoms with van der Waals surface area (Å²) in [5, 5.41) is 1.23. The average molecular weight is 441 g/mol. The Morgan fingerprint density at radius 3 is 2.79 bits per heavy atom. The molecule has 0 bridgehead atoms. The van der Waals surface area contributed by atoms with Crippen LogP contribution in [0, 0.1) is 12.8 Å². The van der Waals surface area contributed by atoms with Gasteiger partial charge in [-0.1, -0.05) is 24.3 Å². The predicted molar refractivity (Wildman–Crippen MR) is 129 cm³/mol. The zero-order valence-corrected chi connectivity index (χ0v) is 19.0. The van der Waals surface area contributed by atoms with Gasteiger partial charge in [-0.2, -0.15) is 0 Å². The van der Waals surface area contributed by atoms with Crippen LogP contribution in [0.5, 0.6) is 5.88 Å². The first-order valence-electron chi connectivity index (χ1n) is 11.4. The first-order chi connectivity index (χ1) is 16.1. The number of benzene rings is 1.